The van der Waals surface area contributed by atoms with Gasteiger partial charge in [-0.1, -0.05) is 30.3 Å². The maximum absolute atomic E-state index is 13.7. The summed E-state index contributed by atoms with van der Waals surface area (Å²) < 4.78 is 2.12. The fourth-order valence-electron chi connectivity index (χ4n) is 4.89. The Bertz CT molecular complexity index is 1000. The summed E-state index contributed by atoms with van der Waals surface area (Å²) in [6.07, 6.45) is 3.40. The summed E-state index contributed by atoms with van der Waals surface area (Å²) in [4.78, 5) is 36.7. The third-order valence-corrected chi connectivity index (χ3v) is 6.97. The molecule has 1 saturated heterocycles. The smallest absolute Gasteiger partial charge is 0.274 e. The Hall–Kier alpha value is -2.87. The molecule has 0 bridgehead atoms. The van der Waals surface area contributed by atoms with E-state index in [4.69, 9.17) is 4.98 Å². The SMILES string of the molecule is CC(=O)N1CCCN(Cc2nc3c(n2Cc2ccccc2)C(=O)N(CC2CC2)CCN3)CC1. The van der Waals surface area contributed by atoms with Crippen molar-refractivity contribution in [3.05, 3.63) is 47.4 Å². The second-order valence-corrected chi connectivity index (χ2v) is 9.55. The second-order valence-electron chi connectivity index (χ2n) is 9.55. The number of imidazole rings is 1. The largest absolute Gasteiger partial charge is 0.366 e. The van der Waals surface area contributed by atoms with Crippen LogP contribution >= 0.6 is 0 Å². The molecule has 0 spiro atoms. The standard InChI is InChI=1S/C25H34N6O2/c1-19(32)29-12-5-11-28(14-15-29)18-22-27-24-23(31(22)17-20-6-3-2-4-7-20)25(33)30(13-10-26-24)16-21-8-9-21/h2-4,6-7,21,26H,5,8-18H2,1H3. The highest BCUT2D eigenvalue weighted by Crippen LogP contribution is 2.32. The van der Waals surface area contributed by atoms with E-state index in [0.717, 1.165) is 63.6 Å². The van der Waals surface area contributed by atoms with Crippen molar-refractivity contribution in [2.24, 2.45) is 5.92 Å². The van der Waals surface area contributed by atoms with Crippen molar-refractivity contribution in [1.82, 2.24) is 24.3 Å². The van der Waals surface area contributed by atoms with Gasteiger partial charge in [-0.25, -0.2) is 4.98 Å². The molecule has 1 aromatic heterocycles. The molecule has 2 aromatic rings. The summed E-state index contributed by atoms with van der Waals surface area (Å²) in [5.74, 6) is 2.51. The van der Waals surface area contributed by atoms with Crippen LogP contribution in [0.1, 0.15) is 48.1 Å². The van der Waals surface area contributed by atoms with Crippen LogP contribution in [0.4, 0.5) is 5.82 Å². The zero-order chi connectivity index (χ0) is 22.8. The summed E-state index contributed by atoms with van der Waals surface area (Å²) in [5.41, 5.74) is 1.84. The van der Waals surface area contributed by atoms with Crippen LogP contribution in [0.25, 0.3) is 0 Å². The van der Waals surface area contributed by atoms with Crippen LogP contribution in [0, 0.1) is 5.92 Å². The fourth-order valence-corrected chi connectivity index (χ4v) is 4.89. The van der Waals surface area contributed by atoms with Gasteiger partial charge in [-0.2, -0.15) is 0 Å². The minimum absolute atomic E-state index is 0.0928. The lowest BCUT2D eigenvalue weighted by Gasteiger charge is -2.23. The molecule has 2 fully saturated rings. The summed E-state index contributed by atoms with van der Waals surface area (Å²) in [6.45, 7) is 8.50. The van der Waals surface area contributed by atoms with Gasteiger partial charge in [-0.05, 0) is 30.7 Å². The number of nitrogens with one attached hydrogen (secondary N) is 1. The molecule has 0 radical (unpaired) electrons. The number of anilines is 1. The number of benzene rings is 1. The topological polar surface area (TPSA) is 73.7 Å². The van der Waals surface area contributed by atoms with Crippen LogP contribution in [0.15, 0.2) is 30.3 Å². The van der Waals surface area contributed by atoms with Crippen LogP contribution in [0.2, 0.25) is 0 Å². The maximum atomic E-state index is 13.7. The molecule has 8 heteroatoms. The highest BCUT2D eigenvalue weighted by molar-refractivity contribution is 5.98. The minimum atomic E-state index is 0.0928. The Labute approximate surface area is 195 Å². The fraction of sp³-hybridized carbons (Fsp3) is 0.560. The molecule has 1 aromatic carbocycles. The first-order valence-corrected chi connectivity index (χ1v) is 12.2. The summed E-state index contributed by atoms with van der Waals surface area (Å²) in [5, 5.41) is 3.43. The van der Waals surface area contributed by atoms with E-state index in [0.29, 0.717) is 30.5 Å². The van der Waals surface area contributed by atoms with Crippen LogP contribution in [-0.2, 0) is 17.9 Å². The number of hydrogen-bond acceptors (Lipinski definition) is 5. The number of hydrogen-bond donors (Lipinski definition) is 1. The molecule has 0 atom stereocenters. The molecule has 1 saturated carbocycles. The highest BCUT2D eigenvalue weighted by Gasteiger charge is 2.33. The van der Waals surface area contributed by atoms with E-state index in [1.54, 1.807) is 6.92 Å². The number of fused-ring (bicyclic) bond motifs is 1. The molecule has 1 N–H and O–H groups in total. The van der Waals surface area contributed by atoms with E-state index in [2.05, 4.69) is 26.9 Å². The number of nitrogens with zero attached hydrogens (tertiary/aromatic N) is 5. The molecule has 176 valence electrons. The van der Waals surface area contributed by atoms with Crippen molar-refractivity contribution in [2.75, 3.05) is 51.1 Å². The van der Waals surface area contributed by atoms with Gasteiger partial charge in [0, 0.05) is 59.3 Å². The maximum Gasteiger partial charge on any atom is 0.274 e. The lowest BCUT2D eigenvalue weighted by Crippen LogP contribution is -2.36. The van der Waals surface area contributed by atoms with Crippen molar-refractivity contribution >= 4 is 17.6 Å². The van der Waals surface area contributed by atoms with Crippen molar-refractivity contribution in [3.63, 3.8) is 0 Å². The molecule has 1 aliphatic carbocycles. The van der Waals surface area contributed by atoms with E-state index in [-0.39, 0.29) is 11.8 Å². The minimum Gasteiger partial charge on any atom is -0.366 e. The van der Waals surface area contributed by atoms with Gasteiger partial charge >= 0.3 is 0 Å². The van der Waals surface area contributed by atoms with Crippen LogP contribution in [0.5, 0.6) is 0 Å². The first-order valence-electron chi connectivity index (χ1n) is 12.2. The van der Waals surface area contributed by atoms with Gasteiger partial charge in [0.05, 0.1) is 6.54 Å². The van der Waals surface area contributed by atoms with E-state index < -0.39 is 0 Å². The average Bonchev–Trinajstić information content (AvgIpc) is 3.61. The predicted molar refractivity (Wildman–Crippen MR) is 127 cm³/mol. The Morgan fingerprint density at radius 2 is 1.88 bits per heavy atom. The summed E-state index contributed by atoms with van der Waals surface area (Å²) in [7, 11) is 0. The van der Waals surface area contributed by atoms with E-state index >= 15 is 0 Å². The summed E-state index contributed by atoms with van der Waals surface area (Å²) >= 11 is 0. The van der Waals surface area contributed by atoms with Crippen LogP contribution in [-0.4, -0.2) is 81.9 Å². The number of aromatic nitrogens is 2. The van der Waals surface area contributed by atoms with Gasteiger partial charge in [0.2, 0.25) is 5.91 Å². The molecule has 5 rings (SSSR count). The molecule has 3 aliphatic rings. The number of carbonyl (C=O) groups excluding carboxylic acids is 2. The Kier molecular flexibility index (Phi) is 6.35. The number of rotatable bonds is 6. The lowest BCUT2D eigenvalue weighted by molar-refractivity contribution is -0.128. The average molecular weight is 451 g/mol. The molecular weight excluding hydrogens is 416 g/mol. The monoisotopic (exact) mass is 450 g/mol. The molecule has 2 aliphatic heterocycles. The number of amides is 2. The Balaban J connectivity index is 1.44. The molecule has 8 nitrogen and oxygen atoms in total. The first kappa shape index (κ1) is 21.9. The predicted octanol–water partition coefficient (Wildman–Crippen LogP) is 2.26. The summed E-state index contributed by atoms with van der Waals surface area (Å²) in [6, 6.07) is 10.3. The van der Waals surface area contributed by atoms with Crippen LogP contribution in [0.3, 0.4) is 0 Å². The lowest BCUT2D eigenvalue weighted by atomic mass is 10.2. The highest BCUT2D eigenvalue weighted by atomic mass is 16.2. The van der Waals surface area contributed by atoms with E-state index in [1.165, 1.54) is 12.8 Å². The van der Waals surface area contributed by atoms with Gasteiger partial charge in [-0.3, -0.25) is 14.5 Å². The van der Waals surface area contributed by atoms with Crippen molar-refractivity contribution in [2.45, 2.75) is 39.3 Å². The van der Waals surface area contributed by atoms with Gasteiger partial charge in [0.15, 0.2) is 11.5 Å². The van der Waals surface area contributed by atoms with Gasteiger partial charge in [-0.15, -0.1) is 0 Å². The third kappa shape index (κ3) is 5.05. The Morgan fingerprint density at radius 3 is 2.64 bits per heavy atom. The molecular formula is C25H34N6O2. The van der Waals surface area contributed by atoms with E-state index in [1.807, 2.05) is 28.0 Å². The zero-order valence-corrected chi connectivity index (χ0v) is 19.5. The van der Waals surface area contributed by atoms with Crippen LogP contribution < -0.4 is 5.32 Å². The first-order chi connectivity index (χ1) is 16.1. The molecule has 2 amide bonds. The molecule has 0 unspecified atom stereocenters. The zero-order valence-electron chi connectivity index (χ0n) is 19.5. The quantitative estimate of drug-likeness (QED) is 0.731. The number of carbonyl (C=O) groups is 2. The normalized spacial score (nSPS) is 19.6. The van der Waals surface area contributed by atoms with Gasteiger partial charge < -0.3 is 19.7 Å². The van der Waals surface area contributed by atoms with Gasteiger partial charge in [0.1, 0.15) is 5.82 Å². The van der Waals surface area contributed by atoms with Gasteiger partial charge in [0.25, 0.3) is 5.91 Å². The van der Waals surface area contributed by atoms with Crippen molar-refractivity contribution in [3.8, 4) is 0 Å². The molecule has 33 heavy (non-hydrogen) atoms. The Morgan fingerprint density at radius 1 is 1.06 bits per heavy atom. The van der Waals surface area contributed by atoms with Crippen molar-refractivity contribution in [1.29, 1.82) is 0 Å². The van der Waals surface area contributed by atoms with E-state index in [9.17, 15) is 9.59 Å². The second kappa shape index (κ2) is 9.55. The van der Waals surface area contributed by atoms with Crippen molar-refractivity contribution < 1.29 is 9.59 Å². The third-order valence-electron chi connectivity index (χ3n) is 6.97. The molecule has 3 heterocycles.